The van der Waals surface area contributed by atoms with Crippen molar-refractivity contribution >= 4 is 30.2 Å². The second kappa shape index (κ2) is 44.1. The first-order chi connectivity index (χ1) is 64.8. The third-order valence-electron chi connectivity index (χ3n) is 33.5. The summed E-state index contributed by atoms with van der Waals surface area (Å²) in [6.45, 7) is 20.0. The number of aliphatic hydroxyl groups is 21. The van der Waals surface area contributed by atoms with Gasteiger partial charge in [0.15, 0.2) is 62.3 Å². The van der Waals surface area contributed by atoms with Gasteiger partial charge in [-0.2, -0.15) is 0 Å². The number of carbonyl (C=O) groups is 5. The molecular formula is C93H150O45. The molecule has 8 heterocycles. The maximum absolute atomic E-state index is 16.5. The van der Waals surface area contributed by atoms with E-state index in [1.165, 1.54) is 13.8 Å². The molecule has 0 aromatic heterocycles. The molecule has 0 spiro atoms. The quantitative estimate of drug-likeness (QED) is 0.00939. The molecule has 13 aliphatic rings. The number of carboxylic acid groups (broad SMARTS) is 1. The van der Waals surface area contributed by atoms with Crippen LogP contribution in [0.4, 0.5) is 0 Å². The fourth-order valence-electron chi connectivity index (χ4n) is 24.3. The molecule has 51 atom stereocenters. The topological polar surface area (TPSA) is 697 Å². The summed E-state index contributed by atoms with van der Waals surface area (Å²) in [4.78, 5) is 72.7. The third kappa shape index (κ3) is 21.4. The van der Waals surface area contributed by atoms with E-state index in [0.29, 0.717) is 51.4 Å². The van der Waals surface area contributed by atoms with E-state index in [1.807, 2.05) is 27.7 Å². The van der Waals surface area contributed by atoms with E-state index in [-0.39, 0.29) is 50.4 Å². The van der Waals surface area contributed by atoms with E-state index in [0.717, 1.165) is 11.9 Å². The Morgan fingerprint density at radius 1 is 0.514 bits per heavy atom. The Balaban J connectivity index is 0.763. The predicted octanol–water partition coefficient (Wildman–Crippen LogP) is -4.27. The summed E-state index contributed by atoms with van der Waals surface area (Å²) in [7, 11) is 0. The lowest BCUT2D eigenvalue weighted by molar-refractivity contribution is -0.391. The van der Waals surface area contributed by atoms with Crippen molar-refractivity contribution in [3.8, 4) is 0 Å². The molecule has 45 heteroatoms. The minimum atomic E-state index is -2.27. The van der Waals surface area contributed by atoms with Gasteiger partial charge in [-0.3, -0.25) is 14.4 Å². The Kier molecular flexibility index (Phi) is 35.5. The molecule has 0 radical (unpaired) electrons. The third-order valence-corrected chi connectivity index (χ3v) is 33.5. The molecule has 4 saturated carbocycles. The molecule has 138 heavy (non-hydrogen) atoms. The number of carboxylic acids is 1. The summed E-state index contributed by atoms with van der Waals surface area (Å²) in [6.07, 6.45) is -65.2. The van der Waals surface area contributed by atoms with Gasteiger partial charge in [0.1, 0.15) is 145 Å². The van der Waals surface area contributed by atoms with Crippen molar-refractivity contribution < 1.29 is 222 Å². The fraction of sp³-hybridized carbons (Fsp3) is 0.925. The number of ether oxygens (including phenoxy) is 18. The standard InChI is InChI=1S/C93H150O45/c1-14-37(4)48(126-55(102)27-42(98)26-49(38(5)15-2)128-81-64(111)59(106)47(16-3)127-81)25-41(97)28-56(103)131-71-57(104)39(6)124-83(74(71)136-80-66(113)62(109)69(40(7)125-80)132-79-68(115)70(46(100)33-122-79)133-85-76(116)92(120,35-96)36-123-85)138-86(119)93-24-23-87(8,9)29-44(93)43-17-18-52-88(10)21-20-54(89(11,34-95)51(88)19-22-90(52,12)91(43,13)30-53(93)101)130-84-75(137-82-65(112)61(108)60(107)50(31-94)129-82)72(67(114)73(135-84)77(117)118)134-78-63(110)58(105)45(99)32-121-78/h17,34,37-42,44-54,57-76,78-85,94,96-101,104-116,120H,14-16,18-33,35-36H2,1-13H3,(H,117,118)/t37?,38?,39?,40?,41?,42?,44?,45?,46?,47-,48?,49?,50?,51?,52?,53?,54?,57?,58?,59-,60?,61?,62?,63?,64+,65?,66?,67?,68?,69?,70?,71?,72?,73?,74?,75?,76-,78?,79?,80?,81-,82?,83?,84?,85-,88?,89?,90?,91?,92+,93?/m1/s1. The average molecular weight is 1990 g/mol. The summed E-state index contributed by atoms with van der Waals surface area (Å²) in [6, 6.07) is 0. The molecule has 0 amide bonds. The first-order valence-corrected chi connectivity index (χ1v) is 48.7. The van der Waals surface area contributed by atoms with Crippen LogP contribution >= 0.6 is 0 Å². The largest absolute Gasteiger partial charge is 0.479 e. The Bertz CT molecular complexity index is 4100. The first kappa shape index (κ1) is 111. The van der Waals surface area contributed by atoms with Gasteiger partial charge in [0.25, 0.3) is 0 Å². The van der Waals surface area contributed by atoms with Crippen molar-refractivity contribution in [2.24, 2.45) is 62.1 Å². The minimum Gasteiger partial charge on any atom is -0.479 e. The van der Waals surface area contributed by atoms with Gasteiger partial charge in [-0.25, -0.2) is 4.79 Å². The molecule has 8 aliphatic heterocycles. The van der Waals surface area contributed by atoms with E-state index >= 15 is 4.79 Å². The van der Waals surface area contributed by atoms with E-state index in [4.69, 9.17) is 85.3 Å². The van der Waals surface area contributed by atoms with Crippen molar-refractivity contribution in [2.45, 2.75) is 444 Å². The highest BCUT2D eigenvalue weighted by molar-refractivity contribution is 5.80. The van der Waals surface area contributed by atoms with Crippen LogP contribution in [-0.2, 0) is 109 Å². The van der Waals surface area contributed by atoms with Crippen LogP contribution in [-0.4, -0.2) is 427 Å². The van der Waals surface area contributed by atoms with Crippen LogP contribution in [0.2, 0.25) is 0 Å². The number of hydrogen-bond acceptors (Lipinski definition) is 44. The smallest absolute Gasteiger partial charge is 0.335 e. The van der Waals surface area contributed by atoms with Gasteiger partial charge in [-0.1, -0.05) is 101 Å². The second-order valence-electron chi connectivity index (χ2n) is 42.8. The number of aldehydes is 1. The number of aliphatic hydroxyl groups excluding tert-OH is 20. The number of allylic oxidation sites excluding steroid dienone is 2. The van der Waals surface area contributed by atoms with Crippen molar-refractivity contribution in [2.75, 3.05) is 33.0 Å². The van der Waals surface area contributed by atoms with E-state index in [1.54, 1.807) is 27.7 Å². The van der Waals surface area contributed by atoms with Gasteiger partial charge in [-0.15, -0.1) is 0 Å². The highest BCUT2D eigenvalue weighted by atomic mass is 16.8. The molecule has 12 fully saturated rings. The first-order valence-electron chi connectivity index (χ1n) is 48.7. The van der Waals surface area contributed by atoms with Gasteiger partial charge >= 0.3 is 23.9 Å². The number of carbonyl (C=O) groups excluding carboxylic acids is 4. The Hall–Kier alpha value is -4.15. The Labute approximate surface area is 799 Å². The van der Waals surface area contributed by atoms with E-state index < -0.39 is 371 Å². The minimum absolute atomic E-state index is 0.00483. The summed E-state index contributed by atoms with van der Waals surface area (Å²) in [5.74, 6) is -7.29. The zero-order valence-corrected chi connectivity index (χ0v) is 80.2. The van der Waals surface area contributed by atoms with Crippen molar-refractivity contribution in [1.29, 1.82) is 0 Å². The highest BCUT2D eigenvalue weighted by Gasteiger charge is 2.74. The summed E-state index contributed by atoms with van der Waals surface area (Å²) < 4.78 is 109. The van der Waals surface area contributed by atoms with Gasteiger partial charge < -0.3 is 202 Å². The fourth-order valence-corrected chi connectivity index (χ4v) is 24.3. The van der Waals surface area contributed by atoms with Crippen molar-refractivity contribution in [3.63, 3.8) is 0 Å². The van der Waals surface area contributed by atoms with Crippen LogP contribution in [0.25, 0.3) is 0 Å². The number of rotatable bonds is 35. The lowest BCUT2D eigenvalue weighted by Gasteiger charge is -2.71. The summed E-state index contributed by atoms with van der Waals surface area (Å²) >= 11 is 0. The predicted molar refractivity (Wildman–Crippen MR) is 461 cm³/mol. The van der Waals surface area contributed by atoms with Gasteiger partial charge in [0.2, 0.25) is 6.29 Å². The van der Waals surface area contributed by atoms with Crippen LogP contribution in [0, 0.1) is 62.1 Å². The second-order valence-corrected chi connectivity index (χ2v) is 42.8. The normalized spacial score (nSPS) is 48.7. The van der Waals surface area contributed by atoms with E-state index in [9.17, 15) is 132 Å². The molecule has 13 rings (SSSR count). The van der Waals surface area contributed by atoms with Crippen LogP contribution in [0.1, 0.15) is 193 Å². The maximum atomic E-state index is 16.5. The molecule has 0 bridgehead atoms. The maximum Gasteiger partial charge on any atom is 0.335 e. The molecule has 45 nitrogen and oxygen atoms in total. The molecule has 22 N–H and O–H groups in total. The molecule has 5 aliphatic carbocycles. The number of aliphatic carboxylic acids is 1. The molecule has 8 saturated heterocycles. The Morgan fingerprint density at radius 2 is 1.08 bits per heavy atom. The number of fused-ring (bicyclic) bond motifs is 7. The summed E-state index contributed by atoms with van der Waals surface area (Å²) in [5.41, 5.74) is -7.75. The monoisotopic (exact) mass is 1990 g/mol. The van der Waals surface area contributed by atoms with Crippen LogP contribution in [0.3, 0.4) is 0 Å². The molecule has 0 aromatic carbocycles. The van der Waals surface area contributed by atoms with Crippen molar-refractivity contribution in [1.82, 2.24) is 0 Å². The lowest BCUT2D eigenvalue weighted by atomic mass is 9.33. The van der Waals surface area contributed by atoms with Crippen LogP contribution < -0.4 is 0 Å². The Morgan fingerprint density at radius 3 is 1.70 bits per heavy atom. The molecule has 44 unspecified atom stereocenters. The SMILES string of the molecule is CCC(C)C(CC(O)CC(=O)OC1C(O)C(C)OC(OC(=O)C23CCC(C)(C)CC2C2=CCC4C5(C)CCC(OC6OC(C(=O)O)C(O)C(OC7OCC(O)C(O)C7O)C6OC6OC(CO)C(O)C(O)C6O)C(C)(C=O)C5CCC4(C)C2(C)CC3O)C1OC1OC(C)C(OC2OCC(O)C(O[C@H]3OC[C@@](O)(CO)[C@@H]3O)C2O)C(O)C1O)OC(=O)CC(O)CC(O[C@H]1O[C@H](CC)[C@@H](O)[C@@H]1O)C(C)CC. The summed E-state index contributed by atoms with van der Waals surface area (Å²) in [5, 5.41) is 247. The zero-order chi connectivity index (χ0) is 101. The van der Waals surface area contributed by atoms with Gasteiger partial charge in [0, 0.05) is 12.8 Å². The number of hydrogen-bond donors (Lipinski definition) is 22. The van der Waals surface area contributed by atoms with Gasteiger partial charge in [0.05, 0.1) is 100 Å². The average Bonchev–Trinajstić information content (AvgIpc) is 0.696. The molecular weight excluding hydrogens is 1840 g/mol. The lowest BCUT2D eigenvalue weighted by Crippen LogP contribution is -2.69. The molecule has 0 aromatic rings. The highest BCUT2D eigenvalue weighted by Crippen LogP contribution is 2.76. The van der Waals surface area contributed by atoms with Crippen LogP contribution in [0.5, 0.6) is 0 Å². The van der Waals surface area contributed by atoms with Crippen molar-refractivity contribution in [3.05, 3.63) is 11.6 Å². The van der Waals surface area contributed by atoms with Crippen LogP contribution in [0.15, 0.2) is 11.6 Å². The van der Waals surface area contributed by atoms with Gasteiger partial charge in [-0.05, 0) is 129 Å². The molecule has 792 valence electrons. The number of esters is 3. The zero-order valence-electron chi connectivity index (χ0n) is 80.2. The van der Waals surface area contributed by atoms with E-state index in [2.05, 4.69) is 26.8 Å².